The molecule has 1 aromatic rings. The molecule has 1 aliphatic carbocycles. The molecular formula is C13H15NO3S. The van der Waals surface area contributed by atoms with Gasteiger partial charge in [-0.25, -0.2) is 13.2 Å². The minimum atomic E-state index is -3.29. The van der Waals surface area contributed by atoms with Crippen LogP contribution in [0, 0.1) is 0 Å². The highest BCUT2D eigenvalue weighted by Gasteiger charge is 2.45. The lowest BCUT2D eigenvalue weighted by Crippen LogP contribution is -2.15. The fraction of sp³-hybridized carbons (Fsp3) is 0.462. The third-order valence-corrected chi connectivity index (χ3v) is 5.46. The van der Waals surface area contributed by atoms with E-state index in [1.807, 2.05) is 6.07 Å². The lowest BCUT2D eigenvalue weighted by Gasteiger charge is -2.12. The van der Waals surface area contributed by atoms with E-state index in [1.165, 1.54) is 0 Å². The number of hydrogen-bond donors (Lipinski definition) is 0. The molecule has 0 aliphatic heterocycles. The van der Waals surface area contributed by atoms with Gasteiger partial charge in [-0.1, -0.05) is 12.1 Å². The first kappa shape index (κ1) is 13.0. The lowest BCUT2D eigenvalue weighted by molar-refractivity contribution is 0.556. The SMILES string of the molecule is CC(C)S(=O)(=O)c1cccc(C2(N=C=O)CC2)c1. The molecule has 0 amide bonds. The molecule has 1 aliphatic rings. The topological polar surface area (TPSA) is 63.6 Å². The Labute approximate surface area is 107 Å². The molecule has 0 atom stereocenters. The van der Waals surface area contributed by atoms with Crippen LogP contribution in [0.1, 0.15) is 32.3 Å². The van der Waals surface area contributed by atoms with Crippen molar-refractivity contribution in [1.82, 2.24) is 0 Å². The van der Waals surface area contributed by atoms with Gasteiger partial charge < -0.3 is 0 Å². The predicted octanol–water partition coefficient (Wildman–Crippen LogP) is 2.19. The predicted molar refractivity (Wildman–Crippen MR) is 67.8 cm³/mol. The molecule has 0 unspecified atom stereocenters. The van der Waals surface area contributed by atoms with Gasteiger partial charge in [0.15, 0.2) is 9.84 Å². The molecule has 0 saturated heterocycles. The Kier molecular flexibility index (Phi) is 3.13. The highest BCUT2D eigenvalue weighted by Crippen LogP contribution is 2.49. The molecule has 0 N–H and O–H groups in total. The van der Waals surface area contributed by atoms with Crippen molar-refractivity contribution >= 4 is 15.9 Å². The Bertz CT molecular complexity index is 609. The fourth-order valence-electron chi connectivity index (χ4n) is 1.91. The van der Waals surface area contributed by atoms with Crippen LogP contribution in [0.25, 0.3) is 0 Å². The van der Waals surface area contributed by atoms with Crippen molar-refractivity contribution < 1.29 is 13.2 Å². The highest BCUT2D eigenvalue weighted by molar-refractivity contribution is 7.92. The summed E-state index contributed by atoms with van der Waals surface area (Å²) in [6.45, 7) is 3.30. The van der Waals surface area contributed by atoms with E-state index in [2.05, 4.69) is 4.99 Å². The van der Waals surface area contributed by atoms with Crippen LogP contribution >= 0.6 is 0 Å². The molecule has 0 spiro atoms. The van der Waals surface area contributed by atoms with Gasteiger partial charge in [-0.2, -0.15) is 4.99 Å². The van der Waals surface area contributed by atoms with E-state index in [4.69, 9.17) is 0 Å². The fourth-order valence-corrected chi connectivity index (χ4v) is 3.01. The van der Waals surface area contributed by atoms with Crippen molar-refractivity contribution in [2.45, 2.75) is 42.4 Å². The molecule has 96 valence electrons. The monoisotopic (exact) mass is 265 g/mol. The van der Waals surface area contributed by atoms with Crippen LogP contribution in [0.5, 0.6) is 0 Å². The normalized spacial score (nSPS) is 17.3. The number of sulfone groups is 1. The van der Waals surface area contributed by atoms with Gasteiger partial charge in [0, 0.05) is 0 Å². The van der Waals surface area contributed by atoms with Gasteiger partial charge >= 0.3 is 0 Å². The summed E-state index contributed by atoms with van der Waals surface area (Å²) in [6, 6.07) is 6.72. The van der Waals surface area contributed by atoms with E-state index in [0.29, 0.717) is 4.90 Å². The molecule has 5 heteroatoms. The molecule has 18 heavy (non-hydrogen) atoms. The van der Waals surface area contributed by atoms with Gasteiger partial charge in [-0.3, -0.25) is 0 Å². The second kappa shape index (κ2) is 4.34. The van der Waals surface area contributed by atoms with Crippen molar-refractivity contribution in [2.24, 2.45) is 4.99 Å². The molecule has 0 radical (unpaired) electrons. The summed E-state index contributed by atoms with van der Waals surface area (Å²) in [5.74, 6) is 0. The first-order valence-corrected chi connectivity index (χ1v) is 7.40. The van der Waals surface area contributed by atoms with Crippen molar-refractivity contribution in [1.29, 1.82) is 0 Å². The lowest BCUT2D eigenvalue weighted by atomic mass is 10.1. The van der Waals surface area contributed by atoms with Gasteiger partial charge in [0.2, 0.25) is 6.08 Å². The maximum atomic E-state index is 12.1. The maximum absolute atomic E-state index is 12.1. The van der Waals surface area contributed by atoms with Gasteiger partial charge in [0.05, 0.1) is 15.7 Å². The highest BCUT2D eigenvalue weighted by atomic mass is 32.2. The Morgan fingerprint density at radius 1 is 1.33 bits per heavy atom. The van der Waals surface area contributed by atoms with E-state index < -0.39 is 20.6 Å². The van der Waals surface area contributed by atoms with E-state index in [-0.39, 0.29) is 0 Å². The Balaban J connectivity index is 2.47. The number of carbonyl (C=O) groups excluding carboxylic acids is 1. The summed E-state index contributed by atoms with van der Waals surface area (Å²) < 4.78 is 24.2. The van der Waals surface area contributed by atoms with Gasteiger partial charge in [0.1, 0.15) is 0 Å². The molecule has 0 heterocycles. The van der Waals surface area contributed by atoms with E-state index in [1.54, 1.807) is 38.1 Å². The minimum absolute atomic E-state index is 0.294. The van der Waals surface area contributed by atoms with Gasteiger partial charge in [-0.15, -0.1) is 0 Å². The third-order valence-electron chi connectivity index (χ3n) is 3.30. The average molecular weight is 265 g/mol. The minimum Gasteiger partial charge on any atom is -0.223 e. The zero-order valence-corrected chi connectivity index (χ0v) is 11.2. The Hall–Kier alpha value is -1.45. The van der Waals surface area contributed by atoms with E-state index in [0.717, 1.165) is 18.4 Å². The molecular weight excluding hydrogens is 250 g/mol. The molecule has 4 nitrogen and oxygen atoms in total. The van der Waals surface area contributed by atoms with E-state index in [9.17, 15) is 13.2 Å². The Morgan fingerprint density at radius 2 is 2.00 bits per heavy atom. The molecule has 0 bridgehead atoms. The first-order chi connectivity index (χ1) is 8.42. The van der Waals surface area contributed by atoms with Crippen LogP contribution in [-0.2, 0) is 20.2 Å². The standard InChI is InChI=1S/C13H15NO3S/c1-10(2)18(16,17)12-5-3-4-11(8-12)13(6-7-13)14-9-15/h3-5,8,10H,6-7H2,1-2H3. The average Bonchev–Trinajstić information content (AvgIpc) is 3.10. The number of aliphatic imine (C=N–C) groups is 1. The summed E-state index contributed by atoms with van der Waals surface area (Å²) in [4.78, 5) is 14.5. The van der Waals surface area contributed by atoms with Crippen LogP contribution in [-0.4, -0.2) is 19.7 Å². The zero-order valence-electron chi connectivity index (χ0n) is 10.4. The molecule has 1 aromatic carbocycles. The molecule has 2 rings (SSSR count). The van der Waals surface area contributed by atoms with E-state index >= 15 is 0 Å². The van der Waals surface area contributed by atoms with Gasteiger partial charge in [0.25, 0.3) is 0 Å². The van der Waals surface area contributed by atoms with Crippen molar-refractivity contribution in [2.75, 3.05) is 0 Å². The summed E-state index contributed by atoms with van der Waals surface area (Å²) in [5, 5.41) is -0.461. The first-order valence-electron chi connectivity index (χ1n) is 5.86. The van der Waals surface area contributed by atoms with Crippen LogP contribution in [0.4, 0.5) is 0 Å². The van der Waals surface area contributed by atoms with Crippen LogP contribution in [0.15, 0.2) is 34.2 Å². The second-order valence-corrected chi connectivity index (χ2v) is 7.36. The molecule has 0 aromatic heterocycles. The molecule has 1 fully saturated rings. The summed E-state index contributed by atoms with van der Waals surface area (Å²) in [6.07, 6.45) is 3.12. The molecule has 1 saturated carbocycles. The largest absolute Gasteiger partial charge is 0.235 e. The van der Waals surface area contributed by atoms with Crippen molar-refractivity contribution in [3.05, 3.63) is 29.8 Å². The smallest absolute Gasteiger partial charge is 0.223 e. The van der Waals surface area contributed by atoms with Crippen LogP contribution in [0.2, 0.25) is 0 Å². The summed E-state index contributed by atoms with van der Waals surface area (Å²) >= 11 is 0. The van der Waals surface area contributed by atoms with Crippen LogP contribution < -0.4 is 0 Å². The third kappa shape index (κ3) is 2.11. The number of nitrogens with zero attached hydrogens (tertiary/aromatic N) is 1. The maximum Gasteiger partial charge on any atom is 0.235 e. The number of hydrogen-bond acceptors (Lipinski definition) is 4. The Morgan fingerprint density at radius 3 is 2.50 bits per heavy atom. The zero-order chi connectivity index (χ0) is 13.4. The van der Waals surface area contributed by atoms with Crippen LogP contribution in [0.3, 0.4) is 0 Å². The second-order valence-electron chi connectivity index (χ2n) is 4.86. The quantitative estimate of drug-likeness (QED) is 0.619. The summed E-state index contributed by atoms with van der Waals surface area (Å²) in [7, 11) is -3.29. The number of isocyanates is 1. The van der Waals surface area contributed by atoms with Crippen molar-refractivity contribution in [3.63, 3.8) is 0 Å². The number of rotatable bonds is 4. The summed E-state index contributed by atoms with van der Waals surface area (Å²) in [5.41, 5.74) is 0.261. The van der Waals surface area contributed by atoms with Gasteiger partial charge in [-0.05, 0) is 44.4 Å². The van der Waals surface area contributed by atoms with Crippen molar-refractivity contribution in [3.8, 4) is 0 Å². The number of benzene rings is 1.